The second-order valence-electron chi connectivity index (χ2n) is 5.87. The number of fused-ring (bicyclic) bond motifs is 1. The number of nitrogens with one attached hydrogen (secondary N) is 2. The number of nitrogens with two attached hydrogens (primary N) is 1. The van der Waals surface area contributed by atoms with Gasteiger partial charge in [-0.05, 0) is 25.0 Å². The highest BCUT2D eigenvalue weighted by molar-refractivity contribution is 8.00. The molecule has 3 rings (SSSR count). The molecule has 0 radical (unpaired) electrons. The molecule has 0 bridgehead atoms. The summed E-state index contributed by atoms with van der Waals surface area (Å²) in [5.74, 6) is -0.205. The highest BCUT2D eigenvalue weighted by atomic mass is 32.2. The van der Waals surface area contributed by atoms with Gasteiger partial charge in [-0.3, -0.25) is 14.6 Å². The average Bonchev–Trinajstić information content (AvgIpc) is 3.12. The average molecular weight is 366 g/mol. The first-order chi connectivity index (χ1) is 12.0. The summed E-state index contributed by atoms with van der Waals surface area (Å²) in [5, 5.41) is 14.8. The maximum Gasteiger partial charge on any atom is 0.315 e. The Bertz CT molecular complexity index is 613. The standard InChI is InChI=1S/C10H16N2O3S.C6H6N2O/c13-8(14)4-2-1-3-7-9-6(5-16-7)11-10(15)12-9;7-6(9)5-2-1-3-8-4-5/h6-7,9H,1-5H2,(H,13,14)(H2,11,12,15);1-4H,(H2,7,9)/t6-,7-,9-;/m1./s1. The van der Waals surface area contributed by atoms with Gasteiger partial charge in [0.2, 0.25) is 5.91 Å². The molecule has 3 amide bonds. The summed E-state index contributed by atoms with van der Waals surface area (Å²) < 4.78 is 0. The van der Waals surface area contributed by atoms with Gasteiger partial charge < -0.3 is 21.5 Å². The largest absolute Gasteiger partial charge is 0.481 e. The number of primary amides is 1. The summed E-state index contributed by atoms with van der Waals surface area (Å²) in [5.41, 5.74) is 5.38. The van der Waals surface area contributed by atoms with Crippen LogP contribution in [0.4, 0.5) is 4.79 Å². The van der Waals surface area contributed by atoms with Crippen LogP contribution in [0.5, 0.6) is 0 Å². The number of unbranched alkanes of at least 4 members (excludes halogenated alkanes) is 1. The lowest BCUT2D eigenvalue weighted by molar-refractivity contribution is -0.137. The van der Waals surface area contributed by atoms with Crippen molar-refractivity contribution in [1.82, 2.24) is 15.6 Å². The third-order valence-electron chi connectivity index (χ3n) is 4.01. The van der Waals surface area contributed by atoms with Crippen LogP contribution in [-0.4, -0.2) is 51.1 Å². The fraction of sp³-hybridized carbons (Fsp3) is 0.500. The SMILES string of the molecule is NC(=O)c1cccnc1.O=C(O)CCCC[C@H]1SC[C@H]2NC(=O)N[C@H]21. The fourth-order valence-corrected chi connectivity index (χ4v) is 4.32. The van der Waals surface area contributed by atoms with E-state index in [1.165, 1.54) is 6.20 Å². The monoisotopic (exact) mass is 366 g/mol. The number of carbonyl (C=O) groups excluding carboxylic acids is 2. The molecule has 0 aliphatic carbocycles. The van der Waals surface area contributed by atoms with Gasteiger partial charge in [0.05, 0.1) is 17.6 Å². The molecule has 2 aliphatic rings. The quantitative estimate of drug-likeness (QED) is 0.438. The predicted molar refractivity (Wildman–Crippen MR) is 94.3 cm³/mol. The molecular weight excluding hydrogens is 344 g/mol. The van der Waals surface area contributed by atoms with Crippen molar-refractivity contribution in [2.75, 3.05) is 5.75 Å². The van der Waals surface area contributed by atoms with E-state index in [2.05, 4.69) is 15.6 Å². The van der Waals surface area contributed by atoms with Crippen LogP contribution in [0.3, 0.4) is 0 Å². The lowest BCUT2D eigenvalue weighted by atomic mass is 10.0. The molecule has 5 N–H and O–H groups in total. The van der Waals surface area contributed by atoms with Gasteiger partial charge in [0, 0.05) is 29.8 Å². The van der Waals surface area contributed by atoms with Crippen LogP contribution in [0.1, 0.15) is 36.0 Å². The number of aromatic nitrogens is 1. The Labute approximate surface area is 150 Å². The van der Waals surface area contributed by atoms with Crippen molar-refractivity contribution in [3.05, 3.63) is 30.1 Å². The Morgan fingerprint density at radius 1 is 1.36 bits per heavy atom. The number of amides is 3. The molecule has 1 aromatic heterocycles. The van der Waals surface area contributed by atoms with E-state index in [1.807, 2.05) is 11.8 Å². The van der Waals surface area contributed by atoms with Crippen LogP contribution in [-0.2, 0) is 4.79 Å². The normalized spacial score (nSPS) is 23.7. The van der Waals surface area contributed by atoms with Gasteiger partial charge in [-0.2, -0.15) is 11.8 Å². The van der Waals surface area contributed by atoms with Crippen LogP contribution in [0.25, 0.3) is 0 Å². The number of urea groups is 1. The fourth-order valence-electron chi connectivity index (χ4n) is 2.77. The van der Waals surface area contributed by atoms with Crippen molar-refractivity contribution in [3.63, 3.8) is 0 Å². The van der Waals surface area contributed by atoms with E-state index in [9.17, 15) is 14.4 Å². The number of carboxylic acid groups (broad SMARTS) is 1. The summed E-state index contributed by atoms with van der Waals surface area (Å²) in [7, 11) is 0. The molecule has 2 saturated heterocycles. The van der Waals surface area contributed by atoms with Crippen molar-refractivity contribution in [1.29, 1.82) is 0 Å². The third-order valence-corrected chi connectivity index (χ3v) is 5.52. The molecule has 1 aromatic rings. The number of hydrogen-bond acceptors (Lipinski definition) is 5. The molecule has 3 atom stereocenters. The van der Waals surface area contributed by atoms with Crippen LogP contribution >= 0.6 is 11.8 Å². The van der Waals surface area contributed by atoms with E-state index < -0.39 is 11.9 Å². The molecule has 0 aromatic carbocycles. The summed E-state index contributed by atoms with van der Waals surface area (Å²) in [6, 6.07) is 3.73. The van der Waals surface area contributed by atoms with Crippen molar-refractivity contribution in [2.24, 2.45) is 5.73 Å². The third kappa shape index (κ3) is 5.93. The van der Waals surface area contributed by atoms with E-state index in [0.29, 0.717) is 10.8 Å². The molecule has 2 fully saturated rings. The number of thioether (sulfide) groups is 1. The van der Waals surface area contributed by atoms with Crippen molar-refractivity contribution < 1.29 is 19.5 Å². The molecule has 8 nitrogen and oxygen atoms in total. The first-order valence-electron chi connectivity index (χ1n) is 8.07. The molecule has 0 unspecified atom stereocenters. The number of nitrogens with zero attached hydrogens (tertiary/aromatic N) is 1. The summed E-state index contributed by atoms with van der Waals surface area (Å²) >= 11 is 1.87. The van der Waals surface area contributed by atoms with Gasteiger partial charge >= 0.3 is 12.0 Å². The zero-order valence-electron chi connectivity index (χ0n) is 13.7. The molecule has 136 valence electrons. The number of pyridine rings is 1. The minimum Gasteiger partial charge on any atom is -0.481 e. The number of hydrogen-bond donors (Lipinski definition) is 4. The van der Waals surface area contributed by atoms with E-state index in [-0.39, 0.29) is 24.5 Å². The lowest BCUT2D eigenvalue weighted by Gasteiger charge is -2.16. The zero-order chi connectivity index (χ0) is 18.2. The molecule has 25 heavy (non-hydrogen) atoms. The van der Waals surface area contributed by atoms with Crippen LogP contribution in [0.2, 0.25) is 0 Å². The van der Waals surface area contributed by atoms with E-state index >= 15 is 0 Å². The molecule has 2 aliphatic heterocycles. The van der Waals surface area contributed by atoms with E-state index in [1.54, 1.807) is 18.3 Å². The molecule has 0 saturated carbocycles. The summed E-state index contributed by atoms with van der Waals surface area (Å²) in [4.78, 5) is 35.5. The smallest absolute Gasteiger partial charge is 0.315 e. The summed E-state index contributed by atoms with van der Waals surface area (Å²) in [6.07, 6.45) is 5.90. The lowest BCUT2D eigenvalue weighted by Crippen LogP contribution is -2.36. The summed E-state index contributed by atoms with van der Waals surface area (Å²) in [6.45, 7) is 0. The van der Waals surface area contributed by atoms with Gasteiger partial charge in [0.1, 0.15) is 0 Å². The van der Waals surface area contributed by atoms with Crippen molar-refractivity contribution >= 4 is 29.7 Å². The van der Waals surface area contributed by atoms with Crippen molar-refractivity contribution in [2.45, 2.75) is 43.0 Å². The highest BCUT2D eigenvalue weighted by Crippen LogP contribution is 2.33. The van der Waals surface area contributed by atoms with E-state index in [0.717, 1.165) is 25.0 Å². The Kier molecular flexibility index (Phi) is 7.05. The first-order valence-corrected chi connectivity index (χ1v) is 9.12. The minimum atomic E-state index is -0.729. The van der Waals surface area contributed by atoms with E-state index in [4.69, 9.17) is 10.8 Å². The highest BCUT2D eigenvalue weighted by Gasteiger charge is 2.42. The minimum absolute atomic E-state index is 0.0640. The maximum atomic E-state index is 11.1. The predicted octanol–water partition coefficient (Wildman–Crippen LogP) is 0.977. The second-order valence-corrected chi connectivity index (χ2v) is 7.14. The van der Waals surface area contributed by atoms with Gasteiger partial charge in [-0.15, -0.1) is 0 Å². The number of aliphatic carboxylic acids is 1. The van der Waals surface area contributed by atoms with Gasteiger partial charge in [0.25, 0.3) is 0 Å². The van der Waals surface area contributed by atoms with Crippen LogP contribution in [0, 0.1) is 0 Å². The molecule has 9 heteroatoms. The molecule has 0 spiro atoms. The second kappa shape index (κ2) is 9.26. The number of carbonyl (C=O) groups is 3. The molecule has 3 heterocycles. The van der Waals surface area contributed by atoms with Crippen LogP contribution < -0.4 is 16.4 Å². The van der Waals surface area contributed by atoms with Gasteiger partial charge in [0.15, 0.2) is 0 Å². The Morgan fingerprint density at radius 2 is 2.16 bits per heavy atom. The Hall–Kier alpha value is -2.29. The Morgan fingerprint density at radius 3 is 2.76 bits per heavy atom. The van der Waals surface area contributed by atoms with Crippen molar-refractivity contribution in [3.8, 4) is 0 Å². The number of rotatable bonds is 6. The van der Waals surface area contributed by atoms with Gasteiger partial charge in [-0.25, -0.2) is 4.79 Å². The first kappa shape index (κ1) is 19.0. The van der Waals surface area contributed by atoms with Crippen LogP contribution in [0.15, 0.2) is 24.5 Å². The topological polar surface area (TPSA) is 134 Å². The van der Waals surface area contributed by atoms with Gasteiger partial charge in [-0.1, -0.05) is 6.42 Å². The zero-order valence-corrected chi connectivity index (χ0v) is 14.5. The number of carboxylic acids is 1. The Balaban J connectivity index is 0.000000212. The maximum absolute atomic E-state index is 11.1. The molecular formula is C16H22N4O4S.